The van der Waals surface area contributed by atoms with Crippen molar-refractivity contribution in [1.82, 2.24) is 5.32 Å². The predicted octanol–water partition coefficient (Wildman–Crippen LogP) is 1.95. The molecule has 1 aromatic carbocycles. The molecule has 0 radical (unpaired) electrons. The topological polar surface area (TPSA) is 50.4 Å². The van der Waals surface area contributed by atoms with Crippen LogP contribution < -0.4 is 10.6 Å². The van der Waals surface area contributed by atoms with Gasteiger partial charge in [0.05, 0.1) is 12.1 Å². The van der Waals surface area contributed by atoms with Crippen LogP contribution in [0.4, 0.5) is 5.69 Å². The molecule has 0 bridgehead atoms. The fourth-order valence-corrected chi connectivity index (χ4v) is 3.35. The Hall–Kier alpha value is -1.55. The molecule has 2 heterocycles. The van der Waals surface area contributed by atoms with Gasteiger partial charge in [0.15, 0.2) is 0 Å². The molecule has 3 aliphatic rings. The summed E-state index contributed by atoms with van der Waals surface area (Å²) in [5.74, 6) is 0.716. The lowest BCUT2D eigenvalue weighted by atomic mass is 10.0. The maximum absolute atomic E-state index is 12.4. The number of carbonyl (C=O) groups is 1. The van der Waals surface area contributed by atoms with Gasteiger partial charge in [0.2, 0.25) is 0 Å². The lowest BCUT2D eigenvalue weighted by molar-refractivity contribution is 0.0729. The molecule has 4 rings (SSSR count). The highest BCUT2D eigenvalue weighted by atomic mass is 16.5. The summed E-state index contributed by atoms with van der Waals surface area (Å²) in [6, 6.07) is 6.14. The van der Waals surface area contributed by atoms with E-state index in [0.29, 0.717) is 5.92 Å². The fourth-order valence-electron chi connectivity index (χ4n) is 3.35. The van der Waals surface area contributed by atoms with Gasteiger partial charge in [-0.15, -0.1) is 0 Å². The number of hydrogen-bond acceptors (Lipinski definition) is 3. The van der Waals surface area contributed by atoms with Crippen molar-refractivity contribution < 1.29 is 9.53 Å². The minimum absolute atomic E-state index is 0.0425. The van der Waals surface area contributed by atoms with E-state index < -0.39 is 0 Å². The van der Waals surface area contributed by atoms with Gasteiger partial charge in [0.1, 0.15) is 0 Å². The first-order valence-electron chi connectivity index (χ1n) is 7.60. The Labute approximate surface area is 118 Å². The molecule has 2 unspecified atom stereocenters. The van der Waals surface area contributed by atoms with Crippen molar-refractivity contribution in [3.8, 4) is 0 Å². The van der Waals surface area contributed by atoms with E-state index in [0.717, 1.165) is 31.6 Å². The number of rotatable bonds is 3. The molecule has 2 fully saturated rings. The number of anilines is 1. The minimum atomic E-state index is 0.0425. The first-order valence-corrected chi connectivity index (χ1v) is 7.60. The van der Waals surface area contributed by atoms with Gasteiger partial charge in [-0.3, -0.25) is 4.79 Å². The largest absolute Gasteiger partial charge is 0.384 e. The van der Waals surface area contributed by atoms with Crippen LogP contribution in [0.2, 0.25) is 0 Å². The minimum Gasteiger partial charge on any atom is -0.384 e. The number of benzene rings is 1. The third-order valence-corrected chi connectivity index (χ3v) is 4.62. The number of carbonyl (C=O) groups excluding carboxylic acids is 1. The highest BCUT2D eigenvalue weighted by Gasteiger charge is 2.41. The van der Waals surface area contributed by atoms with Crippen LogP contribution >= 0.6 is 0 Å². The average molecular weight is 272 g/mol. The molecule has 0 aromatic heterocycles. The maximum atomic E-state index is 12.4. The van der Waals surface area contributed by atoms with Crippen molar-refractivity contribution in [3.05, 3.63) is 29.3 Å². The Morgan fingerprint density at radius 3 is 3.05 bits per heavy atom. The highest BCUT2D eigenvalue weighted by molar-refractivity contribution is 5.95. The van der Waals surface area contributed by atoms with Gasteiger partial charge in [-0.2, -0.15) is 0 Å². The third-order valence-electron chi connectivity index (χ3n) is 4.62. The van der Waals surface area contributed by atoms with E-state index in [-0.39, 0.29) is 18.1 Å². The molecule has 4 heteroatoms. The van der Waals surface area contributed by atoms with Gasteiger partial charge in [-0.25, -0.2) is 0 Å². The molecule has 1 saturated carbocycles. The summed E-state index contributed by atoms with van der Waals surface area (Å²) in [6.07, 6.45) is 4.70. The van der Waals surface area contributed by atoms with Crippen molar-refractivity contribution >= 4 is 11.6 Å². The SMILES string of the molecule is O=C(NC1CCOC1C1CC1)c1ccc2c(c1)CCN2. The molecule has 2 N–H and O–H groups in total. The van der Waals surface area contributed by atoms with Crippen LogP contribution in [-0.2, 0) is 11.2 Å². The quantitative estimate of drug-likeness (QED) is 0.884. The summed E-state index contributed by atoms with van der Waals surface area (Å²) in [4.78, 5) is 12.4. The molecule has 0 spiro atoms. The summed E-state index contributed by atoms with van der Waals surface area (Å²) >= 11 is 0. The van der Waals surface area contributed by atoms with Gasteiger partial charge in [0.25, 0.3) is 5.91 Å². The van der Waals surface area contributed by atoms with Crippen LogP contribution in [0.3, 0.4) is 0 Å². The molecule has 2 atom stereocenters. The molecule has 1 amide bonds. The maximum Gasteiger partial charge on any atom is 0.251 e. The Morgan fingerprint density at radius 2 is 2.20 bits per heavy atom. The van der Waals surface area contributed by atoms with Crippen molar-refractivity contribution in [2.45, 2.75) is 37.8 Å². The molecule has 4 nitrogen and oxygen atoms in total. The summed E-state index contributed by atoms with van der Waals surface area (Å²) in [7, 11) is 0. The van der Waals surface area contributed by atoms with E-state index >= 15 is 0 Å². The van der Waals surface area contributed by atoms with Crippen molar-refractivity contribution in [3.63, 3.8) is 0 Å². The van der Waals surface area contributed by atoms with E-state index in [4.69, 9.17) is 4.74 Å². The van der Waals surface area contributed by atoms with Crippen molar-refractivity contribution in [2.75, 3.05) is 18.5 Å². The molecule has 20 heavy (non-hydrogen) atoms. The third kappa shape index (κ3) is 2.18. The van der Waals surface area contributed by atoms with E-state index in [1.54, 1.807) is 0 Å². The number of ether oxygens (including phenoxy) is 1. The van der Waals surface area contributed by atoms with Gasteiger partial charge >= 0.3 is 0 Å². The van der Waals surface area contributed by atoms with Gasteiger partial charge < -0.3 is 15.4 Å². The Morgan fingerprint density at radius 1 is 1.30 bits per heavy atom. The zero-order valence-electron chi connectivity index (χ0n) is 11.5. The molecular weight excluding hydrogens is 252 g/mol. The molecule has 106 valence electrons. The van der Waals surface area contributed by atoms with Crippen LogP contribution in [0.5, 0.6) is 0 Å². The summed E-state index contributed by atoms with van der Waals surface area (Å²) in [6.45, 7) is 1.75. The molecule has 1 aliphatic carbocycles. The first-order chi connectivity index (χ1) is 9.81. The predicted molar refractivity (Wildman–Crippen MR) is 77.0 cm³/mol. The Balaban J connectivity index is 1.47. The lowest BCUT2D eigenvalue weighted by Crippen LogP contribution is -2.41. The van der Waals surface area contributed by atoms with Crippen LogP contribution in [0.25, 0.3) is 0 Å². The van der Waals surface area contributed by atoms with Crippen LogP contribution in [0, 0.1) is 5.92 Å². The number of amides is 1. The van der Waals surface area contributed by atoms with Gasteiger partial charge in [0, 0.05) is 24.4 Å². The second-order valence-electron chi connectivity index (χ2n) is 6.09. The molecule has 2 aliphatic heterocycles. The van der Waals surface area contributed by atoms with E-state index in [2.05, 4.69) is 10.6 Å². The monoisotopic (exact) mass is 272 g/mol. The van der Waals surface area contributed by atoms with Crippen molar-refractivity contribution in [2.24, 2.45) is 5.92 Å². The van der Waals surface area contributed by atoms with Crippen LogP contribution in [0.1, 0.15) is 35.2 Å². The van der Waals surface area contributed by atoms with E-state index in [1.807, 2.05) is 18.2 Å². The van der Waals surface area contributed by atoms with Crippen molar-refractivity contribution in [1.29, 1.82) is 0 Å². The van der Waals surface area contributed by atoms with Gasteiger partial charge in [-0.1, -0.05) is 0 Å². The normalized spacial score (nSPS) is 28.0. The van der Waals surface area contributed by atoms with E-state index in [9.17, 15) is 4.79 Å². The molecular formula is C16H20N2O2. The van der Waals surface area contributed by atoms with Crippen LogP contribution in [0.15, 0.2) is 18.2 Å². The summed E-state index contributed by atoms with van der Waals surface area (Å²) in [5, 5.41) is 6.49. The van der Waals surface area contributed by atoms with E-state index in [1.165, 1.54) is 24.1 Å². The zero-order valence-corrected chi connectivity index (χ0v) is 11.5. The first kappa shape index (κ1) is 12.2. The Bertz CT molecular complexity index is 539. The smallest absolute Gasteiger partial charge is 0.251 e. The summed E-state index contributed by atoms with van der Waals surface area (Å²) < 4.78 is 5.78. The standard InChI is InChI=1S/C16H20N2O2/c19-16(12-3-4-13-11(9-12)5-7-17-13)18-14-6-8-20-15(14)10-1-2-10/h3-4,9-10,14-15,17H,1-2,5-8H2,(H,18,19). The average Bonchev–Trinajstić information content (AvgIpc) is 3.01. The zero-order chi connectivity index (χ0) is 13.5. The molecule has 1 saturated heterocycles. The second-order valence-corrected chi connectivity index (χ2v) is 6.09. The fraction of sp³-hybridized carbons (Fsp3) is 0.562. The lowest BCUT2D eigenvalue weighted by Gasteiger charge is -2.19. The Kier molecular flexibility index (Phi) is 2.91. The second kappa shape index (κ2) is 4.77. The van der Waals surface area contributed by atoms with Gasteiger partial charge in [-0.05, 0) is 55.4 Å². The number of fused-ring (bicyclic) bond motifs is 1. The summed E-state index contributed by atoms with van der Waals surface area (Å²) in [5.41, 5.74) is 3.19. The number of hydrogen-bond donors (Lipinski definition) is 2. The number of nitrogens with one attached hydrogen (secondary N) is 2. The van der Waals surface area contributed by atoms with Crippen LogP contribution in [-0.4, -0.2) is 31.2 Å². The highest BCUT2D eigenvalue weighted by Crippen LogP contribution is 2.38. The molecule has 1 aromatic rings.